The highest BCUT2D eigenvalue weighted by Crippen LogP contribution is 2.23. The Balaban J connectivity index is 2.07. The zero-order chi connectivity index (χ0) is 18.3. The van der Waals surface area contributed by atoms with E-state index < -0.39 is 11.4 Å². The summed E-state index contributed by atoms with van der Waals surface area (Å²) in [4.78, 5) is 11.2. The van der Waals surface area contributed by atoms with Crippen molar-refractivity contribution in [1.82, 2.24) is 15.1 Å². The molecular formula is C19H24N4O2. The number of aliphatic carboxylic acids is 1. The summed E-state index contributed by atoms with van der Waals surface area (Å²) >= 11 is 0. The molecule has 0 saturated carbocycles. The van der Waals surface area contributed by atoms with Crippen LogP contribution in [0.15, 0.2) is 36.5 Å². The van der Waals surface area contributed by atoms with Crippen LogP contribution in [0.3, 0.4) is 0 Å². The van der Waals surface area contributed by atoms with Gasteiger partial charge in [-0.05, 0) is 26.8 Å². The molecule has 25 heavy (non-hydrogen) atoms. The van der Waals surface area contributed by atoms with Crippen LogP contribution in [0, 0.1) is 16.7 Å². The second-order valence-corrected chi connectivity index (χ2v) is 6.66. The molecule has 0 radical (unpaired) electrons. The molecule has 0 fully saturated rings. The summed E-state index contributed by atoms with van der Waals surface area (Å²) in [5, 5.41) is 25.8. The van der Waals surface area contributed by atoms with Crippen LogP contribution in [0.4, 0.5) is 0 Å². The highest BCUT2D eigenvalue weighted by atomic mass is 16.4. The summed E-state index contributed by atoms with van der Waals surface area (Å²) in [6.45, 7) is 5.23. The molecule has 0 spiro atoms. The van der Waals surface area contributed by atoms with Gasteiger partial charge in [0.2, 0.25) is 0 Å². The minimum absolute atomic E-state index is 0.412. The molecule has 0 aliphatic rings. The van der Waals surface area contributed by atoms with Crippen molar-refractivity contribution in [2.24, 2.45) is 5.41 Å². The molecule has 2 rings (SSSR count). The van der Waals surface area contributed by atoms with E-state index in [1.807, 2.05) is 36.5 Å². The molecule has 0 atom stereocenters. The first-order chi connectivity index (χ1) is 11.9. The molecule has 0 bridgehead atoms. The molecule has 6 heteroatoms. The van der Waals surface area contributed by atoms with Gasteiger partial charge < -0.3 is 10.4 Å². The van der Waals surface area contributed by atoms with Crippen molar-refractivity contribution < 1.29 is 9.90 Å². The second-order valence-electron chi connectivity index (χ2n) is 6.66. The number of hydrogen-bond acceptors (Lipinski definition) is 4. The van der Waals surface area contributed by atoms with E-state index in [1.54, 1.807) is 18.5 Å². The largest absolute Gasteiger partial charge is 0.481 e. The van der Waals surface area contributed by atoms with Crippen LogP contribution < -0.4 is 5.32 Å². The summed E-state index contributed by atoms with van der Waals surface area (Å²) < 4.78 is 1.80. The van der Waals surface area contributed by atoms with Crippen LogP contribution in [0.5, 0.6) is 0 Å². The SMILES string of the molecule is CC(C)(CCNCc1cn(CCC#N)nc1-c1ccccc1)C(=O)O. The summed E-state index contributed by atoms with van der Waals surface area (Å²) in [6, 6.07) is 12.0. The molecule has 2 aromatic rings. The number of nitrogens with zero attached hydrogens (tertiary/aromatic N) is 3. The summed E-state index contributed by atoms with van der Waals surface area (Å²) in [5.41, 5.74) is 2.22. The average molecular weight is 340 g/mol. The summed E-state index contributed by atoms with van der Waals surface area (Å²) in [5.74, 6) is -0.788. The topological polar surface area (TPSA) is 90.9 Å². The number of benzene rings is 1. The van der Waals surface area contributed by atoms with Gasteiger partial charge in [-0.15, -0.1) is 0 Å². The monoisotopic (exact) mass is 340 g/mol. The maximum Gasteiger partial charge on any atom is 0.309 e. The number of carboxylic acids is 1. The van der Waals surface area contributed by atoms with E-state index in [0.717, 1.165) is 16.8 Å². The van der Waals surface area contributed by atoms with Gasteiger partial charge in [-0.1, -0.05) is 30.3 Å². The quantitative estimate of drug-likeness (QED) is 0.685. The van der Waals surface area contributed by atoms with Crippen molar-refractivity contribution >= 4 is 5.97 Å². The van der Waals surface area contributed by atoms with Crippen molar-refractivity contribution in [3.8, 4) is 17.3 Å². The third kappa shape index (κ3) is 5.16. The Morgan fingerprint density at radius 3 is 2.72 bits per heavy atom. The van der Waals surface area contributed by atoms with Gasteiger partial charge in [0.1, 0.15) is 0 Å². The van der Waals surface area contributed by atoms with E-state index >= 15 is 0 Å². The molecule has 0 unspecified atom stereocenters. The van der Waals surface area contributed by atoms with Gasteiger partial charge >= 0.3 is 5.97 Å². The van der Waals surface area contributed by atoms with Crippen molar-refractivity contribution in [1.29, 1.82) is 5.26 Å². The van der Waals surface area contributed by atoms with E-state index in [1.165, 1.54) is 0 Å². The smallest absolute Gasteiger partial charge is 0.309 e. The number of carbonyl (C=O) groups is 1. The van der Waals surface area contributed by atoms with Gasteiger partial charge in [0, 0.05) is 23.9 Å². The second kappa shape index (κ2) is 8.45. The number of carboxylic acid groups (broad SMARTS) is 1. The summed E-state index contributed by atoms with van der Waals surface area (Å²) in [6.07, 6.45) is 2.91. The Hall–Kier alpha value is -2.65. The third-order valence-electron chi connectivity index (χ3n) is 4.16. The Kier molecular flexibility index (Phi) is 6.31. The first-order valence-electron chi connectivity index (χ1n) is 8.37. The van der Waals surface area contributed by atoms with E-state index in [9.17, 15) is 4.79 Å². The lowest BCUT2D eigenvalue weighted by molar-refractivity contribution is -0.147. The molecule has 1 heterocycles. The van der Waals surface area contributed by atoms with Gasteiger partial charge in [-0.2, -0.15) is 10.4 Å². The number of nitrogens with one attached hydrogen (secondary N) is 1. The maximum absolute atomic E-state index is 11.2. The molecule has 0 amide bonds. The molecule has 6 nitrogen and oxygen atoms in total. The zero-order valence-electron chi connectivity index (χ0n) is 14.7. The lowest BCUT2D eigenvalue weighted by Gasteiger charge is -2.18. The van der Waals surface area contributed by atoms with Crippen LogP contribution >= 0.6 is 0 Å². The van der Waals surface area contributed by atoms with Crippen molar-refractivity contribution in [2.45, 2.75) is 39.8 Å². The molecular weight excluding hydrogens is 316 g/mol. The third-order valence-corrected chi connectivity index (χ3v) is 4.16. The Morgan fingerprint density at radius 1 is 1.36 bits per heavy atom. The Bertz CT molecular complexity index is 745. The van der Waals surface area contributed by atoms with Crippen LogP contribution in [-0.4, -0.2) is 27.4 Å². The number of aryl methyl sites for hydroxylation is 1. The lowest BCUT2D eigenvalue weighted by Crippen LogP contribution is -2.28. The van der Waals surface area contributed by atoms with Gasteiger partial charge in [-0.3, -0.25) is 9.48 Å². The lowest BCUT2D eigenvalue weighted by atomic mass is 9.90. The number of hydrogen-bond donors (Lipinski definition) is 2. The Morgan fingerprint density at radius 2 is 2.08 bits per heavy atom. The van der Waals surface area contributed by atoms with Gasteiger partial charge in [0.15, 0.2) is 0 Å². The average Bonchev–Trinajstić information content (AvgIpc) is 3.00. The fourth-order valence-corrected chi connectivity index (χ4v) is 2.44. The fourth-order valence-electron chi connectivity index (χ4n) is 2.44. The first kappa shape index (κ1) is 18.7. The molecule has 2 N–H and O–H groups in total. The highest BCUT2D eigenvalue weighted by molar-refractivity contribution is 5.73. The number of aromatic nitrogens is 2. The highest BCUT2D eigenvalue weighted by Gasteiger charge is 2.26. The molecule has 1 aromatic heterocycles. The minimum Gasteiger partial charge on any atom is -0.481 e. The predicted octanol–water partition coefficient (Wildman–Crippen LogP) is 3.05. The van der Waals surface area contributed by atoms with E-state index in [2.05, 4.69) is 16.5 Å². The first-order valence-corrected chi connectivity index (χ1v) is 8.37. The molecule has 132 valence electrons. The van der Waals surface area contributed by atoms with Gasteiger partial charge in [0.05, 0.1) is 30.1 Å². The number of rotatable bonds is 9. The maximum atomic E-state index is 11.2. The Labute approximate surface area is 148 Å². The van der Waals surface area contributed by atoms with Gasteiger partial charge in [0.25, 0.3) is 0 Å². The van der Waals surface area contributed by atoms with Crippen LogP contribution in [-0.2, 0) is 17.9 Å². The van der Waals surface area contributed by atoms with Gasteiger partial charge in [-0.25, -0.2) is 0 Å². The van der Waals surface area contributed by atoms with Crippen LogP contribution in [0.1, 0.15) is 32.3 Å². The predicted molar refractivity (Wildman–Crippen MR) is 95.6 cm³/mol. The summed E-state index contributed by atoms with van der Waals surface area (Å²) in [7, 11) is 0. The molecule has 0 aliphatic heterocycles. The molecule has 1 aromatic carbocycles. The molecule has 0 aliphatic carbocycles. The van der Waals surface area contributed by atoms with E-state index in [4.69, 9.17) is 10.4 Å². The van der Waals surface area contributed by atoms with Crippen molar-refractivity contribution in [3.05, 3.63) is 42.1 Å². The number of nitriles is 1. The van der Waals surface area contributed by atoms with Crippen LogP contribution in [0.2, 0.25) is 0 Å². The molecule has 0 saturated heterocycles. The minimum atomic E-state index is -0.788. The standard InChI is InChI=1S/C19H24N4O2/c1-19(2,18(24)25)9-11-21-13-16-14-23(12-6-10-20)22-17(16)15-7-4-3-5-8-15/h3-5,7-8,14,21H,6,9,11-13H2,1-2H3,(H,24,25). The fraction of sp³-hybridized carbons (Fsp3) is 0.421. The van der Waals surface area contributed by atoms with E-state index in [-0.39, 0.29) is 0 Å². The van der Waals surface area contributed by atoms with Crippen LogP contribution in [0.25, 0.3) is 11.3 Å². The normalized spacial score (nSPS) is 11.2. The van der Waals surface area contributed by atoms with Crippen molar-refractivity contribution in [2.75, 3.05) is 6.54 Å². The van der Waals surface area contributed by atoms with Crippen molar-refractivity contribution in [3.63, 3.8) is 0 Å². The van der Waals surface area contributed by atoms with E-state index in [0.29, 0.717) is 32.5 Å². The zero-order valence-corrected chi connectivity index (χ0v) is 14.7.